The van der Waals surface area contributed by atoms with Crippen molar-refractivity contribution in [2.75, 3.05) is 0 Å². The Morgan fingerprint density at radius 3 is 2.36 bits per heavy atom. The lowest BCUT2D eigenvalue weighted by Crippen LogP contribution is -2.13. The predicted molar refractivity (Wildman–Crippen MR) is 47.9 cm³/mol. The van der Waals surface area contributed by atoms with Crippen molar-refractivity contribution in [3.63, 3.8) is 0 Å². The molecule has 2 heterocycles. The van der Waals surface area contributed by atoms with Gasteiger partial charge in [0, 0.05) is 0 Å². The lowest BCUT2D eigenvalue weighted by Gasteiger charge is -2.05. The SMILES string of the molecule is C[C@H]1OC(c2ccc(C=O)o2)O[C@@H]1C. The Hall–Kier alpha value is -1.13. The minimum absolute atomic E-state index is 0.0461. The monoisotopic (exact) mass is 196 g/mol. The summed E-state index contributed by atoms with van der Waals surface area (Å²) in [5, 5.41) is 0. The average Bonchev–Trinajstić information content (AvgIpc) is 2.74. The van der Waals surface area contributed by atoms with E-state index in [0.29, 0.717) is 17.8 Å². The Kier molecular flexibility index (Phi) is 2.39. The Balaban J connectivity index is 2.12. The lowest BCUT2D eigenvalue weighted by atomic mass is 10.3. The maximum Gasteiger partial charge on any atom is 0.217 e. The lowest BCUT2D eigenvalue weighted by molar-refractivity contribution is -0.0790. The second kappa shape index (κ2) is 3.55. The van der Waals surface area contributed by atoms with E-state index in [1.165, 1.54) is 0 Å². The third-order valence-electron chi connectivity index (χ3n) is 2.33. The molecule has 1 saturated heterocycles. The molecule has 0 saturated carbocycles. The van der Waals surface area contributed by atoms with Crippen LogP contribution >= 0.6 is 0 Å². The molecule has 0 aliphatic carbocycles. The largest absolute Gasteiger partial charge is 0.453 e. The van der Waals surface area contributed by atoms with E-state index in [-0.39, 0.29) is 12.2 Å². The van der Waals surface area contributed by atoms with Crippen molar-refractivity contribution in [2.24, 2.45) is 0 Å². The van der Waals surface area contributed by atoms with Gasteiger partial charge in [-0.15, -0.1) is 0 Å². The summed E-state index contributed by atoms with van der Waals surface area (Å²) in [4.78, 5) is 10.4. The Morgan fingerprint density at radius 1 is 1.21 bits per heavy atom. The quantitative estimate of drug-likeness (QED) is 0.678. The van der Waals surface area contributed by atoms with E-state index in [1.54, 1.807) is 12.1 Å². The molecule has 0 unspecified atom stereocenters. The molecule has 4 nitrogen and oxygen atoms in total. The molecule has 0 bridgehead atoms. The van der Waals surface area contributed by atoms with Crippen LogP contribution in [0.5, 0.6) is 0 Å². The number of aldehydes is 1. The predicted octanol–water partition coefficient (Wildman–Crippen LogP) is 1.91. The van der Waals surface area contributed by atoms with E-state index < -0.39 is 6.29 Å². The molecule has 0 spiro atoms. The van der Waals surface area contributed by atoms with E-state index >= 15 is 0 Å². The maximum absolute atomic E-state index is 10.4. The summed E-state index contributed by atoms with van der Waals surface area (Å²) in [6.07, 6.45) is 0.272. The van der Waals surface area contributed by atoms with Gasteiger partial charge in [0.2, 0.25) is 6.29 Å². The van der Waals surface area contributed by atoms with Crippen LogP contribution in [0.4, 0.5) is 0 Å². The van der Waals surface area contributed by atoms with E-state index in [2.05, 4.69) is 0 Å². The smallest absolute Gasteiger partial charge is 0.217 e. The van der Waals surface area contributed by atoms with Crippen LogP contribution in [0.3, 0.4) is 0 Å². The van der Waals surface area contributed by atoms with Crippen LogP contribution in [-0.2, 0) is 9.47 Å². The van der Waals surface area contributed by atoms with Gasteiger partial charge in [0.05, 0.1) is 12.2 Å². The van der Waals surface area contributed by atoms with Crippen LogP contribution in [0.2, 0.25) is 0 Å². The molecule has 2 rings (SSSR count). The summed E-state index contributed by atoms with van der Waals surface area (Å²) in [6, 6.07) is 3.29. The van der Waals surface area contributed by atoms with Crippen molar-refractivity contribution in [3.8, 4) is 0 Å². The number of furan rings is 1. The van der Waals surface area contributed by atoms with Crippen LogP contribution in [0.25, 0.3) is 0 Å². The Labute approximate surface area is 81.8 Å². The van der Waals surface area contributed by atoms with Crippen molar-refractivity contribution in [2.45, 2.75) is 32.3 Å². The highest BCUT2D eigenvalue weighted by molar-refractivity contribution is 5.70. The highest BCUT2D eigenvalue weighted by Gasteiger charge is 2.32. The summed E-state index contributed by atoms with van der Waals surface area (Å²) in [5.74, 6) is 0.836. The van der Waals surface area contributed by atoms with Gasteiger partial charge in [-0.2, -0.15) is 0 Å². The van der Waals surface area contributed by atoms with Gasteiger partial charge in [-0.25, -0.2) is 0 Å². The molecule has 0 aromatic carbocycles. The minimum Gasteiger partial charge on any atom is -0.453 e. The van der Waals surface area contributed by atoms with E-state index in [4.69, 9.17) is 13.9 Å². The number of carbonyl (C=O) groups excluding carboxylic acids is 1. The van der Waals surface area contributed by atoms with Gasteiger partial charge in [0.1, 0.15) is 0 Å². The van der Waals surface area contributed by atoms with Crippen LogP contribution in [-0.4, -0.2) is 18.5 Å². The standard InChI is InChI=1S/C10H12O4/c1-6-7(2)13-10(12-6)9-4-3-8(5-11)14-9/h3-7,10H,1-2H3/t6-,7-/m1/s1. The molecular weight excluding hydrogens is 184 g/mol. The highest BCUT2D eigenvalue weighted by Crippen LogP contribution is 2.31. The van der Waals surface area contributed by atoms with Crippen LogP contribution in [0, 0.1) is 0 Å². The van der Waals surface area contributed by atoms with E-state index in [0.717, 1.165) is 0 Å². The maximum atomic E-state index is 10.4. The molecule has 0 amide bonds. The summed E-state index contributed by atoms with van der Waals surface area (Å²) in [6.45, 7) is 3.88. The molecule has 1 aromatic rings. The second-order valence-corrected chi connectivity index (χ2v) is 3.37. The first-order valence-electron chi connectivity index (χ1n) is 4.56. The van der Waals surface area contributed by atoms with Crippen molar-refractivity contribution >= 4 is 6.29 Å². The molecule has 1 aromatic heterocycles. The Morgan fingerprint density at radius 2 is 1.86 bits per heavy atom. The van der Waals surface area contributed by atoms with Crippen molar-refractivity contribution in [3.05, 3.63) is 23.7 Å². The van der Waals surface area contributed by atoms with Crippen molar-refractivity contribution in [1.82, 2.24) is 0 Å². The molecule has 1 fully saturated rings. The summed E-state index contributed by atoms with van der Waals surface area (Å²) >= 11 is 0. The molecule has 1 aliphatic rings. The second-order valence-electron chi connectivity index (χ2n) is 3.37. The molecule has 4 heteroatoms. The summed E-state index contributed by atoms with van der Waals surface area (Å²) in [5.41, 5.74) is 0. The minimum atomic E-state index is -0.478. The summed E-state index contributed by atoms with van der Waals surface area (Å²) in [7, 11) is 0. The number of carbonyl (C=O) groups is 1. The zero-order valence-electron chi connectivity index (χ0n) is 8.10. The van der Waals surface area contributed by atoms with Crippen molar-refractivity contribution < 1.29 is 18.7 Å². The normalized spacial score (nSPS) is 28.1. The van der Waals surface area contributed by atoms with Crippen molar-refractivity contribution in [1.29, 1.82) is 0 Å². The van der Waals surface area contributed by atoms with Gasteiger partial charge in [0.15, 0.2) is 17.8 Å². The van der Waals surface area contributed by atoms with Gasteiger partial charge >= 0.3 is 0 Å². The third-order valence-corrected chi connectivity index (χ3v) is 2.33. The first-order valence-corrected chi connectivity index (χ1v) is 4.56. The van der Waals surface area contributed by atoms with Crippen LogP contribution in [0.1, 0.15) is 36.5 Å². The number of ether oxygens (including phenoxy) is 2. The number of rotatable bonds is 2. The van der Waals surface area contributed by atoms with Crippen LogP contribution < -0.4 is 0 Å². The fourth-order valence-electron chi connectivity index (χ4n) is 1.34. The average molecular weight is 196 g/mol. The van der Waals surface area contributed by atoms with Gasteiger partial charge in [-0.1, -0.05) is 0 Å². The topological polar surface area (TPSA) is 48.7 Å². The van der Waals surface area contributed by atoms with Gasteiger partial charge in [-0.3, -0.25) is 4.79 Å². The molecular formula is C10H12O4. The Bertz CT molecular complexity index is 321. The highest BCUT2D eigenvalue weighted by atomic mass is 16.7. The van der Waals surface area contributed by atoms with Gasteiger partial charge < -0.3 is 13.9 Å². The molecule has 0 radical (unpaired) electrons. The van der Waals surface area contributed by atoms with Gasteiger partial charge in [0.25, 0.3) is 0 Å². The number of hydrogen-bond acceptors (Lipinski definition) is 4. The fourth-order valence-corrected chi connectivity index (χ4v) is 1.34. The summed E-state index contributed by atoms with van der Waals surface area (Å²) < 4.78 is 16.2. The molecule has 76 valence electrons. The molecule has 14 heavy (non-hydrogen) atoms. The first-order chi connectivity index (χ1) is 6.70. The molecule has 2 atom stereocenters. The fraction of sp³-hybridized carbons (Fsp3) is 0.500. The zero-order valence-corrected chi connectivity index (χ0v) is 8.10. The van der Waals surface area contributed by atoms with Gasteiger partial charge in [-0.05, 0) is 26.0 Å². The molecule has 1 aliphatic heterocycles. The molecule has 0 N–H and O–H groups in total. The first kappa shape index (κ1) is 9.43. The van der Waals surface area contributed by atoms with E-state index in [1.807, 2.05) is 13.8 Å². The van der Waals surface area contributed by atoms with Crippen LogP contribution in [0.15, 0.2) is 16.5 Å². The third kappa shape index (κ3) is 1.58. The zero-order chi connectivity index (χ0) is 10.1. The number of hydrogen-bond donors (Lipinski definition) is 0. The van der Waals surface area contributed by atoms with E-state index in [9.17, 15) is 4.79 Å².